The van der Waals surface area contributed by atoms with E-state index >= 15 is 0 Å². The molecule has 0 atom stereocenters. The summed E-state index contributed by atoms with van der Waals surface area (Å²) in [6.45, 7) is 5.97. The van der Waals surface area contributed by atoms with Crippen LogP contribution >= 0.6 is 23.1 Å². The summed E-state index contributed by atoms with van der Waals surface area (Å²) in [5.41, 5.74) is 3.25. The van der Waals surface area contributed by atoms with Crippen LogP contribution in [-0.4, -0.2) is 39.0 Å². The predicted octanol–water partition coefficient (Wildman–Crippen LogP) is 4.07. The fraction of sp³-hybridized carbons (Fsp3) is 0.300. The van der Waals surface area contributed by atoms with Gasteiger partial charge in [-0.05, 0) is 26.3 Å². The van der Waals surface area contributed by atoms with Gasteiger partial charge in [0.05, 0.1) is 12.4 Å². The van der Waals surface area contributed by atoms with Crippen molar-refractivity contribution < 1.29 is 14.3 Å². The zero-order valence-corrected chi connectivity index (χ0v) is 18.3. The van der Waals surface area contributed by atoms with Crippen molar-refractivity contribution in [2.45, 2.75) is 25.9 Å². The number of benzene rings is 1. The van der Waals surface area contributed by atoms with Crippen LogP contribution in [0.2, 0.25) is 0 Å². The van der Waals surface area contributed by atoms with E-state index in [4.69, 9.17) is 4.74 Å². The highest BCUT2D eigenvalue weighted by Crippen LogP contribution is 2.40. The molecular formula is C20H22N4O3S2. The molecule has 1 amide bonds. The lowest BCUT2D eigenvalue weighted by Gasteiger charge is -2.09. The summed E-state index contributed by atoms with van der Waals surface area (Å²) >= 11 is 2.65. The van der Waals surface area contributed by atoms with Crippen molar-refractivity contribution in [3.63, 3.8) is 0 Å². The highest BCUT2D eigenvalue weighted by molar-refractivity contribution is 7.99. The van der Waals surface area contributed by atoms with Gasteiger partial charge in [-0.3, -0.25) is 4.79 Å². The molecule has 9 heteroatoms. The third-order valence-electron chi connectivity index (χ3n) is 4.16. The number of esters is 1. The maximum atomic E-state index is 12.7. The average molecular weight is 431 g/mol. The molecule has 0 aliphatic rings. The van der Waals surface area contributed by atoms with Gasteiger partial charge in [0.25, 0.3) is 0 Å². The molecule has 152 valence electrons. The van der Waals surface area contributed by atoms with E-state index in [0.29, 0.717) is 15.7 Å². The Hall–Kier alpha value is -2.65. The van der Waals surface area contributed by atoms with E-state index in [1.54, 1.807) is 17.8 Å². The second-order valence-electron chi connectivity index (χ2n) is 6.39. The van der Waals surface area contributed by atoms with Crippen LogP contribution in [0.15, 0.2) is 35.7 Å². The number of aryl methyl sites for hydroxylation is 3. The van der Waals surface area contributed by atoms with E-state index in [9.17, 15) is 9.59 Å². The molecule has 2 aromatic heterocycles. The number of nitrogens with zero attached hydrogens (tertiary/aromatic N) is 3. The van der Waals surface area contributed by atoms with Gasteiger partial charge in [-0.15, -0.1) is 21.5 Å². The molecule has 0 spiro atoms. The summed E-state index contributed by atoms with van der Waals surface area (Å²) in [7, 11) is 1.82. The van der Waals surface area contributed by atoms with E-state index in [-0.39, 0.29) is 18.3 Å². The summed E-state index contributed by atoms with van der Waals surface area (Å²) < 4.78 is 7.02. The number of nitrogens with one attached hydrogen (secondary N) is 1. The summed E-state index contributed by atoms with van der Waals surface area (Å²) in [6.07, 6.45) is 1.58. The van der Waals surface area contributed by atoms with Crippen molar-refractivity contribution in [3.05, 3.63) is 46.6 Å². The minimum absolute atomic E-state index is 0.158. The Morgan fingerprint density at radius 2 is 1.97 bits per heavy atom. The predicted molar refractivity (Wildman–Crippen MR) is 116 cm³/mol. The molecule has 3 aromatic rings. The Bertz CT molecular complexity index is 1030. The highest BCUT2D eigenvalue weighted by Gasteiger charge is 2.25. The van der Waals surface area contributed by atoms with Gasteiger partial charge in [0.15, 0.2) is 5.16 Å². The Morgan fingerprint density at radius 3 is 2.59 bits per heavy atom. The van der Waals surface area contributed by atoms with Crippen LogP contribution in [0, 0.1) is 13.8 Å². The number of carbonyl (C=O) groups is 2. The smallest absolute Gasteiger partial charge is 0.341 e. The Morgan fingerprint density at radius 1 is 1.24 bits per heavy atom. The van der Waals surface area contributed by atoms with E-state index in [0.717, 1.165) is 21.6 Å². The lowest BCUT2D eigenvalue weighted by molar-refractivity contribution is -0.113. The number of amides is 1. The first-order valence-corrected chi connectivity index (χ1v) is 10.8. The first-order valence-electron chi connectivity index (χ1n) is 9.04. The monoisotopic (exact) mass is 430 g/mol. The Labute approximate surface area is 177 Å². The van der Waals surface area contributed by atoms with Gasteiger partial charge in [-0.25, -0.2) is 4.79 Å². The molecule has 0 radical (unpaired) electrons. The number of hydrogen-bond donors (Lipinski definition) is 1. The third-order valence-corrected chi connectivity index (χ3v) is 6.21. The first-order chi connectivity index (χ1) is 13.9. The van der Waals surface area contributed by atoms with Crippen LogP contribution in [0.5, 0.6) is 0 Å². The third kappa shape index (κ3) is 4.86. The molecule has 29 heavy (non-hydrogen) atoms. The Kier molecular flexibility index (Phi) is 6.71. The topological polar surface area (TPSA) is 86.1 Å². The molecular weight excluding hydrogens is 408 g/mol. The molecule has 1 aromatic carbocycles. The molecule has 0 saturated heterocycles. The van der Waals surface area contributed by atoms with Crippen LogP contribution in [0.25, 0.3) is 11.1 Å². The minimum atomic E-state index is -0.441. The van der Waals surface area contributed by atoms with Crippen molar-refractivity contribution in [1.29, 1.82) is 0 Å². The summed E-state index contributed by atoms with van der Waals surface area (Å²) in [5, 5.41) is 11.8. The number of carbonyl (C=O) groups excluding carboxylic acids is 2. The number of rotatable bonds is 7. The molecule has 0 aliphatic heterocycles. The van der Waals surface area contributed by atoms with Gasteiger partial charge < -0.3 is 14.6 Å². The van der Waals surface area contributed by atoms with Gasteiger partial charge in [-0.2, -0.15) is 0 Å². The fourth-order valence-corrected chi connectivity index (χ4v) is 4.56. The molecule has 0 unspecified atom stereocenters. The van der Waals surface area contributed by atoms with Crippen LogP contribution in [-0.2, 0) is 16.6 Å². The minimum Gasteiger partial charge on any atom is -0.462 e. The number of aromatic nitrogens is 3. The zero-order chi connectivity index (χ0) is 21.0. The number of thioether (sulfide) groups is 1. The number of thiophene rings is 1. The standard InChI is InChI=1S/C20H22N4O3S2/c1-5-27-19(26)17-16(14-8-6-12(2)7-9-14)13(3)29-18(17)22-15(25)10-28-20-23-21-11-24(20)4/h6-9,11H,5,10H2,1-4H3,(H,22,25). The normalized spacial score (nSPS) is 10.8. The van der Waals surface area contributed by atoms with Gasteiger partial charge in [0, 0.05) is 17.5 Å². The van der Waals surface area contributed by atoms with Crippen molar-refractivity contribution in [3.8, 4) is 11.1 Å². The molecule has 0 bridgehead atoms. The molecule has 0 aliphatic carbocycles. The quantitative estimate of drug-likeness (QED) is 0.449. The average Bonchev–Trinajstić information content (AvgIpc) is 3.23. The van der Waals surface area contributed by atoms with Gasteiger partial charge in [-0.1, -0.05) is 41.6 Å². The largest absolute Gasteiger partial charge is 0.462 e. The van der Waals surface area contributed by atoms with Crippen molar-refractivity contribution in [1.82, 2.24) is 14.8 Å². The molecule has 7 nitrogen and oxygen atoms in total. The van der Waals surface area contributed by atoms with E-state index in [2.05, 4.69) is 15.5 Å². The molecule has 0 saturated carbocycles. The maximum Gasteiger partial charge on any atom is 0.341 e. The number of ether oxygens (including phenoxy) is 1. The zero-order valence-electron chi connectivity index (χ0n) is 16.7. The highest BCUT2D eigenvalue weighted by atomic mass is 32.2. The van der Waals surface area contributed by atoms with Crippen LogP contribution in [0.1, 0.15) is 27.7 Å². The van der Waals surface area contributed by atoms with Gasteiger partial charge in [0.2, 0.25) is 5.91 Å². The Balaban J connectivity index is 1.88. The second-order valence-corrected chi connectivity index (χ2v) is 8.55. The molecule has 2 heterocycles. The molecule has 1 N–H and O–H groups in total. The fourth-order valence-electron chi connectivity index (χ4n) is 2.79. The number of hydrogen-bond acceptors (Lipinski definition) is 7. The van der Waals surface area contributed by atoms with Gasteiger partial charge >= 0.3 is 5.97 Å². The summed E-state index contributed by atoms with van der Waals surface area (Å²) in [5.74, 6) is -0.505. The number of anilines is 1. The van der Waals surface area contributed by atoms with Crippen molar-refractivity contribution >= 4 is 40.0 Å². The van der Waals surface area contributed by atoms with Crippen molar-refractivity contribution in [2.24, 2.45) is 7.05 Å². The summed E-state index contributed by atoms with van der Waals surface area (Å²) in [4.78, 5) is 26.2. The van der Waals surface area contributed by atoms with Crippen LogP contribution in [0.3, 0.4) is 0 Å². The first kappa shape index (κ1) is 21.1. The van der Waals surface area contributed by atoms with Crippen LogP contribution in [0.4, 0.5) is 5.00 Å². The molecule has 0 fully saturated rings. The van der Waals surface area contributed by atoms with E-state index < -0.39 is 5.97 Å². The lowest BCUT2D eigenvalue weighted by Crippen LogP contribution is -2.16. The van der Waals surface area contributed by atoms with Crippen molar-refractivity contribution in [2.75, 3.05) is 17.7 Å². The maximum absolute atomic E-state index is 12.7. The molecule has 3 rings (SSSR count). The van der Waals surface area contributed by atoms with Crippen LogP contribution < -0.4 is 5.32 Å². The summed E-state index contributed by atoms with van der Waals surface area (Å²) in [6, 6.07) is 7.94. The van der Waals surface area contributed by atoms with Gasteiger partial charge in [0.1, 0.15) is 16.9 Å². The van der Waals surface area contributed by atoms with E-state index in [1.807, 2.05) is 45.2 Å². The second kappa shape index (κ2) is 9.23. The van der Waals surface area contributed by atoms with E-state index in [1.165, 1.54) is 23.1 Å². The SMILES string of the molecule is CCOC(=O)c1c(NC(=O)CSc2nncn2C)sc(C)c1-c1ccc(C)cc1. The lowest BCUT2D eigenvalue weighted by atomic mass is 10.0.